The Morgan fingerprint density at radius 3 is 2.67 bits per heavy atom. The normalized spacial score (nSPS) is 24.6. The molecule has 0 N–H and O–H groups in total. The van der Waals surface area contributed by atoms with Crippen LogP contribution >= 0.6 is 0 Å². The molecule has 40 heavy (non-hydrogen) atoms. The molecule has 7 nitrogen and oxygen atoms in total. The first-order valence-corrected chi connectivity index (χ1v) is 15.6. The van der Waals surface area contributed by atoms with Crippen molar-refractivity contribution in [1.29, 1.82) is 0 Å². The number of hydrogen-bond acceptors (Lipinski definition) is 5. The van der Waals surface area contributed by atoms with Crippen molar-refractivity contribution in [3.05, 3.63) is 82.7 Å². The summed E-state index contributed by atoms with van der Waals surface area (Å²) >= 11 is 0. The summed E-state index contributed by atoms with van der Waals surface area (Å²) < 4.78 is 37.0. The molecule has 1 aromatic carbocycles. The number of nitrogens with zero attached hydrogens (tertiary/aromatic N) is 4. The molecule has 2 aromatic heterocycles. The third-order valence-corrected chi connectivity index (χ3v) is 11.8. The SMILES string of the molecule is C=S(=O)(C1CCOCC1)N(C)[C@H]1CCC2=Cc3c(cnn3-c3ccc(F)cc3)C[C@]2(C(=O)c2cc(C)ccn2)C1. The standard InChI is InChI=1S/C31H35FN4O3S/c1-21-10-13-33-28(16-21)30(37)31-18-22-20-34-36(25-8-5-24(32)6-9-25)29(22)17-23(31)4-7-26(19-31)35(2)40(3,38)27-11-14-39-15-12-27/h5-6,8-10,13,16-17,20,26-27H,3-4,7,11-12,14-15,18-19H2,1-2H3/t26-,31-,40?/m0/s1. The Morgan fingerprint density at radius 2 is 1.95 bits per heavy atom. The Kier molecular flexibility index (Phi) is 7.01. The summed E-state index contributed by atoms with van der Waals surface area (Å²) in [5, 5.41) is 4.60. The van der Waals surface area contributed by atoms with Crippen molar-refractivity contribution in [2.75, 3.05) is 20.3 Å². The van der Waals surface area contributed by atoms with Crippen molar-refractivity contribution in [1.82, 2.24) is 19.1 Å². The molecule has 0 radical (unpaired) electrons. The summed E-state index contributed by atoms with van der Waals surface area (Å²) in [6, 6.07) is 9.92. The fourth-order valence-corrected chi connectivity index (χ4v) is 8.70. The minimum Gasteiger partial charge on any atom is -0.381 e. The van der Waals surface area contributed by atoms with Crippen LogP contribution in [0.3, 0.4) is 0 Å². The summed E-state index contributed by atoms with van der Waals surface area (Å²) in [4.78, 5) is 18.9. The van der Waals surface area contributed by atoms with Crippen molar-refractivity contribution < 1.29 is 18.1 Å². The lowest BCUT2D eigenvalue weighted by Crippen LogP contribution is -2.51. The molecule has 1 unspecified atom stereocenters. The van der Waals surface area contributed by atoms with Gasteiger partial charge in [0, 0.05) is 40.4 Å². The summed E-state index contributed by atoms with van der Waals surface area (Å²) in [7, 11) is -0.649. The van der Waals surface area contributed by atoms with Crippen molar-refractivity contribution in [2.24, 2.45) is 5.41 Å². The second-order valence-corrected chi connectivity index (χ2v) is 14.0. The molecule has 1 saturated heterocycles. The second-order valence-electron chi connectivity index (χ2n) is 11.4. The van der Waals surface area contributed by atoms with Gasteiger partial charge >= 0.3 is 0 Å². The lowest BCUT2D eigenvalue weighted by Gasteiger charge is -2.47. The summed E-state index contributed by atoms with van der Waals surface area (Å²) in [5.41, 5.74) is 4.28. The molecule has 0 spiro atoms. The molecule has 6 rings (SSSR count). The quantitative estimate of drug-likeness (QED) is 0.318. The number of ether oxygens (including phenoxy) is 1. The van der Waals surface area contributed by atoms with E-state index in [2.05, 4.69) is 22.0 Å². The van der Waals surface area contributed by atoms with E-state index in [0.29, 0.717) is 38.2 Å². The fraction of sp³-hybridized carbons (Fsp3) is 0.419. The van der Waals surface area contributed by atoms with Crippen molar-refractivity contribution in [3.63, 3.8) is 0 Å². The van der Waals surface area contributed by atoms with Gasteiger partial charge in [0.25, 0.3) is 0 Å². The van der Waals surface area contributed by atoms with E-state index in [-0.39, 0.29) is 22.9 Å². The van der Waals surface area contributed by atoms with Gasteiger partial charge in [-0.25, -0.2) is 13.4 Å². The van der Waals surface area contributed by atoms with E-state index in [9.17, 15) is 13.4 Å². The van der Waals surface area contributed by atoms with Crippen LogP contribution in [-0.2, 0) is 20.9 Å². The number of pyridine rings is 1. The maximum atomic E-state index is 14.5. The Balaban J connectivity index is 1.40. The molecule has 0 amide bonds. The van der Waals surface area contributed by atoms with Gasteiger partial charge in [0.1, 0.15) is 11.5 Å². The maximum absolute atomic E-state index is 14.5. The summed E-state index contributed by atoms with van der Waals surface area (Å²) in [5.74, 6) is 3.92. The Labute approximate surface area is 235 Å². The number of carbonyl (C=O) groups excluding carboxylic acids is 1. The molecule has 3 aromatic rings. The minimum atomic E-state index is -2.56. The fourth-order valence-electron chi connectivity index (χ4n) is 6.62. The van der Waals surface area contributed by atoms with Crippen LogP contribution in [0.1, 0.15) is 59.4 Å². The average molecular weight is 563 g/mol. The van der Waals surface area contributed by atoms with Gasteiger partial charge in [-0.05, 0) is 112 Å². The first-order chi connectivity index (χ1) is 19.2. The number of ketones is 1. The lowest BCUT2D eigenvalue weighted by atomic mass is 9.60. The van der Waals surface area contributed by atoms with Crippen LogP contribution in [0.5, 0.6) is 0 Å². The highest BCUT2D eigenvalue weighted by Crippen LogP contribution is 2.51. The number of benzene rings is 1. The van der Waals surface area contributed by atoms with Crippen molar-refractivity contribution in [2.45, 2.75) is 56.7 Å². The smallest absolute Gasteiger partial charge is 0.191 e. The van der Waals surface area contributed by atoms with Crippen LogP contribution in [-0.4, -0.2) is 66.5 Å². The van der Waals surface area contributed by atoms with Crippen LogP contribution in [0.4, 0.5) is 4.39 Å². The zero-order valence-corrected chi connectivity index (χ0v) is 23.8. The molecule has 3 heterocycles. The highest BCUT2D eigenvalue weighted by Gasteiger charge is 2.51. The molecule has 0 bridgehead atoms. The lowest BCUT2D eigenvalue weighted by molar-refractivity contribution is 0.0746. The highest BCUT2D eigenvalue weighted by molar-refractivity contribution is 7.98. The number of allylic oxidation sites excluding steroid dienone is 1. The van der Waals surface area contributed by atoms with Gasteiger partial charge in [-0.15, -0.1) is 0 Å². The van der Waals surface area contributed by atoms with Crippen LogP contribution < -0.4 is 0 Å². The monoisotopic (exact) mass is 562 g/mol. The maximum Gasteiger partial charge on any atom is 0.191 e. The number of aryl methyl sites for hydroxylation is 1. The molecular weight excluding hydrogens is 527 g/mol. The van der Waals surface area contributed by atoms with Crippen LogP contribution in [0.15, 0.2) is 54.4 Å². The topological polar surface area (TPSA) is 77.3 Å². The molecule has 3 aliphatic rings. The largest absolute Gasteiger partial charge is 0.381 e. The van der Waals surface area contributed by atoms with E-state index in [1.165, 1.54) is 12.1 Å². The van der Waals surface area contributed by atoms with Gasteiger partial charge in [0.15, 0.2) is 5.78 Å². The average Bonchev–Trinajstić information content (AvgIpc) is 3.37. The van der Waals surface area contributed by atoms with Gasteiger partial charge in [-0.1, -0.05) is 5.57 Å². The van der Waals surface area contributed by atoms with E-state index >= 15 is 0 Å². The van der Waals surface area contributed by atoms with Gasteiger partial charge in [-0.2, -0.15) is 5.10 Å². The van der Waals surface area contributed by atoms with Crippen LogP contribution in [0.2, 0.25) is 0 Å². The Morgan fingerprint density at radius 1 is 1.20 bits per heavy atom. The van der Waals surface area contributed by atoms with E-state index < -0.39 is 15.1 Å². The molecule has 1 saturated carbocycles. The zero-order valence-electron chi connectivity index (χ0n) is 23.0. The number of hydrogen-bond donors (Lipinski definition) is 0. The third-order valence-electron chi connectivity index (χ3n) is 8.98. The zero-order chi connectivity index (χ0) is 28.1. The number of carbonyl (C=O) groups is 1. The predicted molar refractivity (Wildman–Crippen MR) is 155 cm³/mol. The number of rotatable bonds is 6. The van der Waals surface area contributed by atoms with E-state index in [0.717, 1.165) is 47.3 Å². The van der Waals surface area contributed by atoms with Gasteiger partial charge in [-0.3, -0.25) is 14.0 Å². The second kappa shape index (κ2) is 10.4. The molecule has 1 aliphatic heterocycles. The molecule has 9 heteroatoms. The van der Waals surface area contributed by atoms with Gasteiger partial charge < -0.3 is 4.74 Å². The number of halogens is 1. The highest BCUT2D eigenvalue weighted by atomic mass is 32.2. The minimum absolute atomic E-state index is 0.0117. The van der Waals surface area contributed by atoms with E-state index in [1.807, 2.05) is 41.3 Å². The Bertz CT molecular complexity index is 1570. The molecule has 2 fully saturated rings. The van der Waals surface area contributed by atoms with Crippen LogP contribution in [0, 0.1) is 18.2 Å². The molecular formula is C31H35FN4O3S. The first-order valence-electron chi connectivity index (χ1n) is 13.9. The Hall–Kier alpha value is -3.14. The van der Waals surface area contributed by atoms with Crippen molar-refractivity contribution >= 4 is 27.4 Å². The van der Waals surface area contributed by atoms with E-state index in [4.69, 9.17) is 4.74 Å². The predicted octanol–water partition coefficient (Wildman–Crippen LogP) is 4.82. The number of Topliss-reactive ketones (excluding diaryl/α,β-unsaturated/α-hetero) is 1. The summed E-state index contributed by atoms with van der Waals surface area (Å²) in [6.07, 6.45) is 9.51. The van der Waals surface area contributed by atoms with Gasteiger partial charge in [0.05, 0.1) is 23.0 Å². The van der Waals surface area contributed by atoms with Crippen molar-refractivity contribution in [3.8, 4) is 5.69 Å². The number of aromatic nitrogens is 3. The molecule has 2 aliphatic carbocycles. The third kappa shape index (κ3) is 4.63. The number of fused-ring (bicyclic) bond motifs is 2. The first kappa shape index (κ1) is 27.1. The summed E-state index contributed by atoms with van der Waals surface area (Å²) in [6.45, 7) is 3.16. The molecule has 3 atom stereocenters. The van der Waals surface area contributed by atoms with Gasteiger partial charge in [0.2, 0.25) is 0 Å². The molecule has 210 valence electrons. The van der Waals surface area contributed by atoms with E-state index in [1.54, 1.807) is 18.3 Å². The van der Waals surface area contributed by atoms with Crippen LogP contribution in [0.25, 0.3) is 11.8 Å².